The van der Waals surface area contributed by atoms with E-state index in [1.165, 1.54) is 5.56 Å². The minimum atomic E-state index is -0.211. The number of terminal acetylenes is 1. The van der Waals surface area contributed by atoms with Crippen molar-refractivity contribution in [3.8, 4) is 12.3 Å². The number of rotatable bonds is 3. The molecular formula is C16H18N2O. The molecule has 1 atom stereocenters. The van der Waals surface area contributed by atoms with Crippen LogP contribution < -0.4 is 5.32 Å². The van der Waals surface area contributed by atoms with Gasteiger partial charge in [0.05, 0.1) is 6.04 Å². The molecule has 0 aliphatic rings. The van der Waals surface area contributed by atoms with Crippen LogP contribution in [0.3, 0.4) is 0 Å². The fourth-order valence-corrected chi connectivity index (χ4v) is 2.11. The zero-order valence-corrected chi connectivity index (χ0v) is 11.5. The third-order valence-corrected chi connectivity index (χ3v) is 3.49. The molecule has 0 fully saturated rings. The minimum absolute atomic E-state index is 0.120. The van der Waals surface area contributed by atoms with Crippen molar-refractivity contribution in [2.45, 2.75) is 33.2 Å². The van der Waals surface area contributed by atoms with Gasteiger partial charge in [0.25, 0.3) is 5.91 Å². The van der Waals surface area contributed by atoms with E-state index in [0.29, 0.717) is 5.56 Å². The lowest BCUT2D eigenvalue weighted by Gasteiger charge is -2.10. The average molecular weight is 254 g/mol. The molecule has 2 rings (SSSR count). The van der Waals surface area contributed by atoms with Crippen LogP contribution in [0.1, 0.15) is 35.0 Å². The SMILES string of the molecule is C#CC(CC)NC(=O)c1ccc2[nH]c(C)c(C)c2c1. The summed E-state index contributed by atoms with van der Waals surface area (Å²) in [6, 6.07) is 5.45. The lowest BCUT2D eigenvalue weighted by Crippen LogP contribution is -2.33. The number of aryl methyl sites for hydroxylation is 2. The molecule has 2 N–H and O–H groups in total. The van der Waals surface area contributed by atoms with Crippen molar-refractivity contribution >= 4 is 16.8 Å². The van der Waals surface area contributed by atoms with E-state index in [4.69, 9.17) is 6.42 Å². The van der Waals surface area contributed by atoms with Gasteiger partial charge in [-0.3, -0.25) is 4.79 Å². The van der Waals surface area contributed by atoms with Crippen molar-refractivity contribution in [3.05, 3.63) is 35.0 Å². The Kier molecular flexibility index (Phi) is 3.62. The van der Waals surface area contributed by atoms with Crippen molar-refractivity contribution in [3.63, 3.8) is 0 Å². The maximum absolute atomic E-state index is 12.1. The number of nitrogens with one attached hydrogen (secondary N) is 2. The zero-order chi connectivity index (χ0) is 14.0. The quantitative estimate of drug-likeness (QED) is 0.813. The first-order valence-electron chi connectivity index (χ1n) is 6.42. The Labute approximate surface area is 113 Å². The zero-order valence-electron chi connectivity index (χ0n) is 11.5. The van der Waals surface area contributed by atoms with Gasteiger partial charge in [0.1, 0.15) is 0 Å². The van der Waals surface area contributed by atoms with Crippen LogP contribution in [0.15, 0.2) is 18.2 Å². The normalized spacial score (nSPS) is 12.1. The molecule has 19 heavy (non-hydrogen) atoms. The molecule has 0 aliphatic heterocycles. The first kappa shape index (κ1) is 13.2. The molecule has 1 heterocycles. The van der Waals surface area contributed by atoms with Gasteiger partial charge in [-0.2, -0.15) is 0 Å². The van der Waals surface area contributed by atoms with Crippen molar-refractivity contribution in [1.82, 2.24) is 10.3 Å². The number of hydrogen-bond donors (Lipinski definition) is 2. The minimum Gasteiger partial charge on any atom is -0.358 e. The van der Waals surface area contributed by atoms with Crippen LogP contribution >= 0.6 is 0 Å². The fraction of sp³-hybridized carbons (Fsp3) is 0.312. The number of hydrogen-bond acceptors (Lipinski definition) is 1. The van der Waals surface area contributed by atoms with Crippen molar-refractivity contribution in [2.75, 3.05) is 0 Å². The van der Waals surface area contributed by atoms with E-state index in [2.05, 4.69) is 16.2 Å². The molecule has 1 amide bonds. The molecule has 0 spiro atoms. The maximum Gasteiger partial charge on any atom is 0.252 e. The van der Waals surface area contributed by atoms with Crippen LogP contribution in [0.5, 0.6) is 0 Å². The van der Waals surface area contributed by atoms with Crippen LogP contribution in [0, 0.1) is 26.2 Å². The Bertz CT molecular complexity index is 661. The molecule has 3 nitrogen and oxygen atoms in total. The van der Waals surface area contributed by atoms with E-state index < -0.39 is 0 Å². The summed E-state index contributed by atoms with van der Waals surface area (Å²) in [4.78, 5) is 15.4. The summed E-state index contributed by atoms with van der Waals surface area (Å²) in [5, 5.41) is 3.92. The number of carbonyl (C=O) groups is 1. The lowest BCUT2D eigenvalue weighted by molar-refractivity contribution is 0.0945. The number of H-pyrrole nitrogens is 1. The Hall–Kier alpha value is -2.21. The smallest absolute Gasteiger partial charge is 0.252 e. The van der Waals surface area contributed by atoms with Gasteiger partial charge in [0.2, 0.25) is 0 Å². The van der Waals surface area contributed by atoms with Gasteiger partial charge in [-0.25, -0.2) is 0 Å². The molecule has 0 radical (unpaired) electrons. The van der Waals surface area contributed by atoms with Crippen molar-refractivity contribution in [2.24, 2.45) is 0 Å². The summed E-state index contributed by atoms with van der Waals surface area (Å²) < 4.78 is 0. The van der Waals surface area contributed by atoms with Gasteiger partial charge >= 0.3 is 0 Å². The Morgan fingerprint density at radius 1 is 1.47 bits per heavy atom. The first-order valence-corrected chi connectivity index (χ1v) is 6.42. The largest absolute Gasteiger partial charge is 0.358 e. The van der Waals surface area contributed by atoms with E-state index in [-0.39, 0.29) is 11.9 Å². The van der Waals surface area contributed by atoms with Crippen LogP contribution in [0.4, 0.5) is 0 Å². The highest BCUT2D eigenvalue weighted by atomic mass is 16.1. The van der Waals surface area contributed by atoms with Crippen molar-refractivity contribution in [1.29, 1.82) is 0 Å². The molecule has 0 saturated heterocycles. The van der Waals surface area contributed by atoms with Crippen LogP contribution in [-0.4, -0.2) is 16.9 Å². The molecule has 0 aliphatic carbocycles. The number of carbonyl (C=O) groups excluding carboxylic acids is 1. The number of aromatic amines is 1. The Morgan fingerprint density at radius 3 is 2.84 bits per heavy atom. The predicted octanol–water partition coefficient (Wildman–Crippen LogP) is 2.93. The molecule has 0 bridgehead atoms. The van der Waals surface area contributed by atoms with E-state index in [1.54, 1.807) is 0 Å². The van der Waals surface area contributed by atoms with E-state index >= 15 is 0 Å². The number of amides is 1. The summed E-state index contributed by atoms with van der Waals surface area (Å²) >= 11 is 0. The second-order valence-electron chi connectivity index (χ2n) is 4.74. The molecule has 1 aromatic carbocycles. The van der Waals surface area contributed by atoms with Gasteiger partial charge in [-0.1, -0.05) is 12.8 Å². The summed E-state index contributed by atoms with van der Waals surface area (Å²) in [5.74, 6) is 2.45. The maximum atomic E-state index is 12.1. The first-order chi connectivity index (χ1) is 9.06. The average Bonchev–Trinajstić information content (AvgIpc) is 2.71. The van der Waals surface area contributed by atoms with Crippen LogP contribution in [0.2, 0.25) is 0 Å². The summed E-state index contributed by atoms with van der Waals surface area (Å²) in [6.45, 7) is 6.03. The third-order valence-electron chi connectivity index (χ3n) is 3.49. The topological polar surface area (TPSA) is 44.9 Å². The lowest BCUT2D eigenvalue weighted by atomic mass is 10.1. The highest BCUT2D eigenvalue weighted by Crippen LogP contribution is 2.22. The second-order valence-corrected chi connectivity index (χ2v) is 4.74. The van der Waals surface area contributed by atoms with Gasteiger partial charge < -0.3 is 10.3 Å². The van der Waals surface area contributed by atoms with Gasteiger partial charge in [-0.05, 0) is 44.0 Å². The molecule has 3 heteroatoms. The number of benzene rings is 1. The van der Waals surface area contributed by atoms with Crippen LogP contribution in [-0.2, 0) is 0 Å². The van der Waals surface area contributed by atoms with Gasteiger partial charge in [0.15, 0.2) is 0 Å². The monoisotopic (exact) mass is 254 g/mol. The molecular weight excluding hydrogens is 236 g/mol. The number of fused-ring (bicyclic) bond motifs is 1. The molecule has 1 unspecified atom stereocenters. The van der Waals surface area contributed by atoms with E-state index in [0.717, 1.165) is 23.0 Å². The standard InChI is InChI=1S/C16H18N2O/c1-5-13(6-2)18-16(19)12-7-8-15-14(9-12)10(3)11(4)17-15/h1,7-9,13,17H,6H2,2-4H3,(H,18,19). The number of aromatic nitrogens is 1. The molecule has 2 aromatic rings. The summed E-state index contributed by atoms with van der Waals surface area (Å²) in [7, 11) is 0. The van der Waals surface area contributed by atoms with Crippen molar-refractivity contribution < 1.29 is 4.79 Å². The molecule has 98 valence electrons. The van der Waals surface area contributed by atoms with Gasteiger partial charge in [0, 0.05) is 22.2 Å². The fourth-order valence-electron chi connectivity index (χ4n) is 2.11. The van der Waals surface area contributed by atoms with E-state index in [1.807, 2.05) is 39.0 Å². The van der Waals surface area contributed by atoms with Crippen LogP contribution in [0.25, 0.3) is 10.9 Å². The molecule has 0 saturated carbocycles. The Balaban J connectivity index is 2.33. The van der Waals surface area contributed by atoms with E-state index in [9.17, 15) is 4.79 Å². The predicted molar refractivity (Wildman–Crippen MR) is 78.2 cm³/mol. The second kappa shape index (κ2) is 5.19. The third kappa shape index (κ3) is 2.48. The summed E-state index contributed by atoms with van der Waals surface area (Å²) in [5.41, 5.74) is 4.00. The highest BCUT2D eigenvalue weighted by Gasteiger charge is 2.12. The highest BCUT2D eigenvalue weighted by molar-refractivity contribution is 5.99. The molecule has 1 aromatic heterocycles. The Morgan fingerprint density at radius 2 is 2.21 bits per heavy atom. The van der Waals surface area contributed by atoms with Gasteiger partial charge in [-0.15, -0.1) is 6.42 Å². The summed E-state index contributed by atoms with van der Waals surface area (Å²) in [6.07, 6.45) is 6.09.